The number of carbonyl (C=O) groups is 1. The van der Waals surface area contributed by atoms with Gasteiger partial charge in [-0.05, 0) is 18.2 Å². The molecule has 3 aromatic rings. The molecule has 0 radical (unpaired) electrons. The van der Waals surface area contributed by atoms with Gasteiger partial charge in [-0.25, -0.2) is 0 Å². The fourth-order valence-electron chi connectivity index (χ4n) is 2.47. The first kappa shape index (κ1) is 20.2. The molecule has 0 saturated carbocycles. The average molecular weight is 407 g/mol. The first-order chi connectivity index (χ1) is 13.8. The normalized spacial score (nSPS) is 11.2. The van der Waals surface area contributed by atoms with Crippen LogP contribution in [0.15, 0.2) is 53.1 Å². The largest absolute Gasteiger partial charge is 0.573 e. The summed E-state index contributed by atoms with van der Waals surface area (Å²) in [6, 6.07) is 12.0. The van der Waals surface area contributed by atoms with Crippen molar-refractivity contribution in [3.63, 3.8) is 0 Å². The van der Waals surface area contributed by atoms with E-state index >= 15 is 0 Å². The highest BCUT2D eigenvalue weighted by atomic mass is 19.4. The summed E-state index contributed by atoms with van der Waals surface area (Å²) in [4.78, 5) is 16.6. The van der Waals surface area contributed by atoms with Crippen LogP contribution in [0.2, 0.25) is 0 Å². The Hall–Kier alpha value is -3.56. The smallest absolute Gasteiger partial charge is 0.485 e. The van der Waals surface area contributed by atoms with Gasteiger partial charge in [-0.1, -0.05) is 35.5 Å². The number of carbonyl (C=O) groups excluding carboxylic acids is 1. The highest BCUT2D eigenvalue weighted by Crippen LogP contribution is 2.26. The molecule has 0 bridgehead atoms. The maximum absolute atomic E-state index is 12.5. The Kier molecular flexibility index (Phi) is 6.01. The Morgan fingerprint density at radius 2 is 1.79 bits per heavy atom. The third kappa shape index (κ3) is 5.71. The van der Waals surface area contributed by atoms with Gasteiger partial charge >= 0.3 is 6.36 Å². The molecule has 10 heteroatoms. The number of para-hydroxylation sites is 2. The maximum Gasteiger partial charge on any atom is 0.573 e. The lowest BCUT2D eigenvalue weighted by molar-refractivity contribution is -0.274. The van der Waals surface area contributed by atoms with Crippen LogP contribution in [0.1, 0.15) is 27.6 Å². The molecule has 0 aliphatic rings. The van der Waals surface area contributed by atoms with Gasteiger partial charge < -0.3 is 19.3 Å². The molecule has 1 aromatic heterocycles. The number of amides is 1. The molecule has 1 N–H and O–H groups in total. The number of aromatic nitrogens is 2. The van der Waals surface area contributed by atoms with Crippen LogP contribution in [0.25, 0.3) is 0 Å². The second-order valence-corrected chi connectivity index (χ2v) is 5.85. The summed E-state index contributed by atoms with van der Waals surface area (Å²) in [6.45, 7) is 1.46. The molecule has 0 atom stereocenters. The molecule has 0 spiro atoms. The van der Waals surface area contributed by atoms with E-state index in [0.29, 0.717) is 11.7 Å². The molecule has 29 heavy (non-hydrogen) atoms. The summed E-state index contributed by atoms with van der Waals surface area (Å²) in [7, 11) is 0. The van der Waals surface area contributed by atoms with Crippen molar-refractivity contribution in [1.29, 1.82) is 0 Å². The van der Waals surface area contributed by atoms with Gasteiger partial charge in [0.25, 0.3) is 5.91 Å². The highest BCUT2D eigenvalue weighted by Gasteiger charge is 2.32. The van der Waals surface area contributed by atoms with E-state index in [1.807, 2.05) is 0 Å². The van der Waals surface area contributed by atoms with Crippen molar-refractivity contribution in [2.45, 2.75) is 26.4 Å². The predicted octanol–water partition coefficient (Wildman–Crippen LogP) is 3.79. The van der Waals surface area contributed by atoms with Crippen molar-refractivity contribution >= 4 is 5.91 Å². The molecule has 152 valence electrons. The summed E-state index contributed by atoms with van der Waals surface area (Å²) in [5.74, 6) is 0.0709. The van der Waals surface area contributed by atoms with Crippen LogP contribution in [-0.4, -0.2) is 22.4 Å². The molecule has 2 aromatic carbocycles. The molecular weight excluding hydrogens is 391 g/mol. The second-order valence-electron chi connectivity index (χ2n) is 5.85. The molecule has 1 amide bonds. The monoisotopic (exact) mass is 407 g/mol. The van der Waals surface area contributed by atoms with E-state index in [0.717, 1.165) is 0 Å². The topological polar surface area (TPSA) is 86.5 Å². The summed E-state index contributed by atoms with van der Waals surface area (Å²) in [5.41, 5.74) is 0.390. The van der Waals surface area contributed by atoms with Crippen molar-refractivity contribution in [3.05, 3.63) is 71.4 Å². The van der Waals surface area contributed by atoms with Gasteiger partial charge in [0.05, 0.1) is 5.56 Å². The molecule has 0 saturated heterocycles. The van der Waals surface area contributed by atoms with Crippen LogP contribution in [0.5, 0.6) is 11.5 Å². The minimum Gasteiger partial charge on any atom is -0.485 e. The Balaban J connectivity index is 1.67. The van der Waals surface area contributed by atoms with Gasteiger partial charge in [-0.3, -0.25) is 4.79 Å². The number of halogens is 3. The van der Waals surface area contributed by atoms with E-state index in [-0.39, 0.29) is 35.8 Å². The molecule has 7 nitrogen and oxygen atoms in total. The number of nitrogens with one attached hydrogen (secondary N) is 1. The van der Waals surface area contributed by atoms with E-state index in [1.165, 1.54) is 24.3 Å². The van der Waals surface area contributed by atoms with Gasteiger partial charge in [-0.15, -0.1) is 13.2 Å². The number of rotatable bonds is 7. The lowest BCUT2D eigenvalue weighted by atomic mass is 10.1. The summed E-state index contributed by atoms with van der Waals surface area (Å²) in [5, 5.41) is 6.27. The first-order valence-corrected chi connectivity index (χ1v) is 8.44. The molecule has 0 fully saturated rings. The highest BCUT2D eigenvalue weighted by molar-refractivity contribution is 5.96. The Morgan fingerprint density at radius 3 is 2.48 bits per heavy atom. The number of benzene rings is 2. The van der Waals surface area contributed by atoms with Crippen molar-refractivity contribution in [1.82, 2.24) is 15.5 Å². The van der Waals surface area contributed by atoms with Gasteiger partial charge in [0.1, 0.15) is 11.5 Å². The molecule has 0 aliphatic carbocycles. The van der Waals surface area contributed by atoms with Crippen LogP contribution in [0.3, 0.4) is 0 Å². The zero-order valence-corrected chi connectivity index (χ0v) is 15.2. The number of ether oxygens (including phenoxy) is 2. The molecule has 0 aliphatic heterocycles. The quantitative estimate of drug-likeness (QED) is 0.641. The minimum absolute atomic E-state index is 0.0100. The molecule has 0 unspecified atom stereocenters. The maximum atomic E-state index is 12.5. The zero-order chi connectivity index (χ0) is 20.9. The van der Waals surface area contributed by atoms with E-state index in [9.17, 15) is 18.0 Å². The lowest BCUT2D eigenvalue weighted by Gasteiger charge is -2.14. The third-order valence-electron chi connectivity index (χ3n) is 3.70. The van der Waals surface area contributed by atoms with Crippen molar-refractivity contribution in [2.24, 2.45) is 0 Å². The van der Waals surface area contributed by atoms with E-state index in [4.69, 9.17) is 9.26 Å². The summed E-state index contributed by atoms with van der Waals surface area (Å²) in [6.07, 6.45) is -4.83. The first-order valence-electron chi connectivity index (χ1n) is 8.44. The van der Waals surface area contributed by atoms with E-state index in [1.54, 1.807) is 31.2 Å². The van der Waals surface area contributed by atoms with Gasteiger partial charge in [0, 0.05) is 19.0 Å². The fourth-order valence-corrected chi connectivity index (χ4v) is 2.47. The lowest BCUT2D eigenvalue weighted by Crippen LogP contribution is -2.25. The van der Waals surface area contributed by atoms with Gasteiger partial charge in [0.15, 0.2) is 6.61 Å². The molecule has 3 rings (SSSR count). The van der Waals surface area contributed by atoms with Crippen LogP contribution in [0, 0.1) is 6.92 Å². The molecule has 1 heterocycles. The minimum atomic E-state index is -4.83. The summed E-state index contributed by atoms with van der Waals surface area (Å²) >= 11 is 0. The Labute approximate surface area is 163 Å². The van der Waals surface area contributed by atoms with Crippen molar-refractivity contribution < 1.29 is 32.0 Å². The average Bonchev–Trinajstić information content (AvgIpc) is 3.10. The number of hydrogen-bond acceptors (Lipinski definition) is 6. The van der Waals surface area contributed by atoms with Crippen LogP contribution < -0.4 is 14.8 Å². The number of alkyl halides is 3. The van der Waals surface area contributed by atoms with Crippen molar-refractivity contribution in [3.8, 4) is 11.5 Å². The summed E-state index contributed by atoms with van der Waals surface area (Å²) < 4.78 is 52.0. The van der Waals surface area contributed by atoms with Gasteiger partial charge in [-0.2, -0.15) is 4.98 Å². The Bertz CT molecular complexity index is 989. The fraction of sp³-hybridized carbons (Fsp3) is 0.211. The zero-order valence-electron chi connectivity index (χ0n) is 15.2. The second kappa shape index (κ2) is 8.63. The Morgan fingerprint density at radius 1 is 1.10 bits per heavy atom. The SMILES string of the molecule is Cc1nc(COc2ccccc2C(=O)NCc2ccccc2OC(F)(F)F)no1. The van der Waals surface area contributed by atoms with E-state index in [2.05, 4.69) is 20.2 Å². The number of nitrogens with zero attached hydrogens (tertiary/aromatic N) is 2. The van der Waals surface area contributed by atoms with Gasteiger partial charge in [0.2, 0.25) is 11.7 Å². The van der Waals surface area contributed by atoms with Crippen LogP contribution >= 0.6 is 0 Å². The van der Waals surface area contributed by atoms with Crippen LogP contribution in [-0.2, 0) is 13.2 Å². The number of hydrogen-bond donors (Lipinski definition) is 1. The number of aryl methyl sites for hydroxylation is 1. The van der Waals surface area contributed by atoms with E-state index < -0.39 is 12.3 Å². The standard InChI is InChI=1S/C19H16F3N3O4/c1-12-24-17(25-29-12)11-27-16-9-5-3-7-14(16)18(26)23-10-13-6-2-4-8-15(13)28-19(20,21)22/h2-9H,10-11H2,1H3,(H,23,26). The third-order valence-corrected chi connectivity index (χ3v) is 3.70. The van der Waals surface area contributed by atoms with Crippen LogP contribution in [0.4, 0.5) is 13.2 Å². The van der Waals surface area contributed by atoms with Crippen molar-refractivity contribution in [2.75, 3.05) is 0 Å². The molecular formula is C19H16F3N3O4. The predicted molar refractivity (Wildman–Crippen MR) is 94.1 cm³/mol.